The minimum Gasteiger partial charge on any atom is -0.508 e. The van der Waals surface area contributed by atoms with Gasteiger partial charge in [-0.05, 0) is 30.9 Å². The Kier molecular flexibility index (Phi) is 7.72. The molecule has 0 bridgehead atoms. The van der Waals surface area contributed by atoms with Gasteiger partial charge in [0, 0.05) is 29.7 Å². The summed E-state index contributed by atoms with van der Waals surface area (Å²) in [5.41, 5.74) is -2.59. The van der Waals surface area contributed by atoms with Crippen LogP contribution in [0.5, 0.6) is 11.5 Å². The van der Waals surface area contributed by atoms with E-state index in [1.165, 1.54) is 37.5 Å². The number of halogens is 7. The molecule has 3 fully saturated rings. The monoisotopic (exact) mass is 751 g/mol. The number of non-ortho nitro benzene ring substituents is 1. The van der Waals surface area contributed by atoms with Gasteiger partial charge in [-0.2, -0.15) is 0 Å². The number of aromatic hydroxyl groups is 1. The van der Waals surface area contributed by atoms with Crippen LogP contribution in [0.3, 0.4) is 0 Å². The highest BCUT2D eigenvalue weighted by molar-refractivity contribution is 6.58. The van der Waals surface area contributed by atoms with Crippen molar-refractivity contribution in [2.24, 2.45) is 17.8 Å². The molecular weight excluding hydrogens is 732 g/mol. The number of fused-ring (bicyclic) bond motifs is 4. The molecule has 4 amide bonds. The van der Waals surface area contributed by atoms with Crippen LogP contribution in [0.2, 0.25) is 0 Å². The summed E-state index contributed by atoms with van der Waals surface area (Å²) < 4.78 is 78.4. The summed E-state index contributed by atoms with van der Waals surface area (Å²) in [6.07, 6.45) is 0.504. The Labute approximate surface area is 292 Å². The minimum atomic E-state index is -2.83. The maximum absolute atomic E-state index is 15.2. The summed E-state index contributed by atoms with van der Waals surface area (Å²) in [6, 6.07) is 8.39. The maximum atomic E-state index is 15.2. The second-order valence-corrected chi connectivity index (χ2v) is 13.6. The number of nitrogens with zero attached hydrogens (tertiary/aromatic N) is 3. The molecule has 1 N–H and O–H groups in total. The van der Waals surface area contributed by atoms with Crippen LogP contribution >= 0.6 is 23.2 Å². The summed E-state index contributed by atoms with van der Waals surface area (Å²) in [5.74, 6) is -23.5. The van der Waals surface area contributed by atoms with Gasteiger partial charge in [-0.1, -0.05) is 23.8 Å². The number of allylic oxidation sites excluding steroid dienone is 2. The van der Waals surface area contributed by atoms with E-state index < -0.39 is 115 Å². The Morgan fingerprint density at radius 2 is 1.53 bits per heavy atom. The van der Waals surface area contributed by atoms with Gasteiger partial charge in [-0.3, -0.25) is 29.3 Å². The number of phenolic OH excluding ortho intramolecular Hbond substituents is 1. The number of hydrogen-bond donors (Lipinski definition) is 1. The molecule has 0 spiro atoms. The molecule has 0 radical (unpaired) electrons. The van der Waals surface area contributed by atoms with Crippen molar-refractivity contribution in [1.29, 1.82) is 0 Å². The number of methoxy groups -OCH3 is 1. The van der Waals surface area contributed by atoms with E-state index in [-0.39, 0.29) is 33.9 Å². The van der Waals surface area contributed by atoms with E-state index in [9.17, 15) is 47.6 Å². The number of imide groups is 2. The molecule has 6 unspecified atom stereocenters. The number of nitro benzene ring substituents is 1. The third-order valence-corrected chi connectivity index (χ3v) is 11.5. The third-order valence-electron chi connectivity index (χ3n) is 10.1. The second-order valence-electron chi connectivity index (χ2n) is 12.4. The number of benzene rings is 3. The molecule has 2 heterocycles. The van der Waals surface area contributed by atoms with Crippen molar-refractivity contribution in [3.8, 4) is 11.5 Å². The van der Waals surface area contributed by atoms with Crippen molar-refractivity contribution < 1.29 is 55.9 Å². The molecule has 4 aliphatic rings. The Hall–Kier alpha value is -5.09. The zero-order chi connectivity index (χ0) is 37.1. The molecule has 264 valence electrons. The fourth-order valence-electron chi connectivity index (χ4n) is 7.81. The van der Waals surface area contributed by atoms with Crippen LogP contribution in [-0.4, -0.2) is 50.5 Å². The lowest BCUT2D eigenvalue weighted by atomic mass is 9.56. The predicted octanol–water partition coefficient (Wildman–Crippen LogP) is 5.77. The number of phenols is 1. The van der Waals surface area contributed by atoms with E-state index in [0.717, 1.165) is 23.1 Å². The summed E-state index contributed by atoms with van der Waals surface area (Å²) >= 11 is 14.1. The van der Waals surface area contributed by atoms with Crippen LogP contribution in [0.1, 0.15) is 24.3 Å². The van der Waals surface area contributed by atoms with Crippen LogP contribution in [0, 0.1) is 57.0 Å². The van der Waals surface area contributed by atoms with Gasteiger partial charge in [0.25, 0.3) is 17.5 Å². The molecule has 18 heteroatoms. The van der Waals surface area contributed by atoms with Crippen molar-refractivity contribution in [2.45, 2.75) is 28.5 Å². The lowest BCUT2D eigenvalue weighted by Gasteiger charge is -2.50. The fourth-order valence-corrected chi connectivity index (χ4v) is 8.73. The molecule has 2 aliphatic carbocycles. The first-order valence-corrected chi connectivity index (χ1v) is 15.7. The molecule has 0 aromatic heterocycles. The first kappa shape index (κ1) is 34.4. The minimum absolute atomic E-state index is 0.102. The highest BCUT2D eigenvalue weighted by atomic mass is 35.5. The standard InChI is InChI=1S/C33H20Cl2F5N3O8/c1-51-14-5-6-16(19(44)10-14)21-15-7-8-17-20(29(46)41(28(17)45)12-3-2-4-13(9-12)43(49)50)18(15)11-32(34)30(47)42(31(48)33(21,32)35)27-25(39)23(37)22(36)24(38)26(27)40/h2-7,9-10,17-18,20-21,44H,8,11H2,1H3. The lowest BCUT2D eigenvalue weighted by molar-refractivity contribution is -0.384. The van der Waals surface area contributed by atoms with Crippen LogP contribution in [0.15, 0.2) is 54.1 Å². The number of carbonyl (C=O) groups excluding carboxylic acids is 4. The highest BCUT2D eigenvalue weighted by Gasteiger charge is 2.77. The molecule has 51 heavy (non-hydrogen) atoms. The first-order chi connectivity index (χ1) is 24.0. The Morgan fingerprint density at radius 3 is 2.14 bits per heavy atom. The number of carbonyl (C=O) groups is 4. The molecule has 11 nitrogen and oxygen atoms in total. The van der Waals surface area contributed by atoms with E-state index in [1.54, 1.807) is 0 Å². The number of rotatable bonds is 5. The fraction of sp³-hybridized carbons (Fsp3) is 0.273. The Bertz CT molecular complexity index is 2160. The van der Waals surface area contributed by atoms with Crippen LogP contribution < -0.4 is 14.5 Å². The predicted molar refractivity (Wildman–Crippen MR) is 167 cm³/mol. The summed E-state index contributed by atoms with van der Waals surface area (Å²) in [6.45, 7) is 0. The molecule has 3 aromatic rings. The average Bonchev–Trinajstić information content (AvgIpc) is 3.44. The lowest BCUT2D eigenvalue weighted by Crippen LogP contribution is -2.60. The van der Waals surface area contributed by atoms with Crippen molar-refractivity contribution >= 4 is 63.9 Å². The first-order valence-electron chi connectivity index (χ1n) is 15.0. The van der Waals surface area contributed by atoms with Gasteiger partial charge in [0.05, 0.1) is 29.6 Å². The number of alkyl halides is 2. The smallest absolute Gasteiger partial charge is 0.271 e. The third kappa shape index (κ3) is 4.41. The van der Waals surface area contributed by atoms with Gasteiger partial charge in [-0.15, -0.1) is 23.2 Å². The van der Waals surface area contributed by atoms with Crippen molar-refractivity contribution in [3.05, 3.63) is 98.9 Å². The van der Waals surface area contributed by atoms with Crippen LogP contribution in [-0.2, 0) is 19.2 Å². The number of hydrogen-bond acceptors (Lipinski definition) is 8. The van der Waals surface area contributed by atoms with Crippen LogP contribution in [0.4, 0.5) is 39.0 Å². The summed E-state index contributed by atoms with van der Waals surface area (Å²) in [4.78, 5) is 62.0. The molecule has 2 aliphatic heterocycles. The van der Waals surface area contributed by atoms with E-state index in [0.29, 0.717) is 0 Å². The Balaban J connectivity index is 1.43. The molecular formula is C33H20Cl2F5N3O8. The molecule has 3 aromatic carbocycles. The molecule has 7 rings (SSSR count). The summed E-state index contributed by atoms with van der Waals surface area (Å²) in [7, 11) is 1.28. The Morgan fingerprint density at radius 1 is 0.882 bits per heavy atom. The average molecular weight is 752 g/mol. The number of nitro groups is 1. The number of amides is 4. The number of anilines is 2. The maximum Gasteiger partial charge on any atom is 0.271 e. The molecule has 1 saturated carbocycles. The van der Waals surface area contributed by atoms with Gasteiger partial charge < -0.3 is 9.84 Å². The molecule has 6 atom stereocenters. The van der Waals surface area contributed by atoms with Gasteiger partial charge >= 0.3 is 0 Å². The van der Waals surface area contributed by atoms with Crippen molar-refractivity contribution in [3.63, 3.8) is 0 Å². The normalized spacial score (nSPS) is 28.4. The number of ether oxygens (including phenoxy) is 1. The van der Waals surface area contributed by atoms with Crippen molar-refractivity contribution in [1.82, 2.24) is 0 Å². The second kappa shape index (κ2) is 11.5. The largest absolute Gasteiger partial charge is 0.508 e. The molecule has 2 saturated heterocycles. The quantitative estimate of drug-likeness (QED) is 0.0505. The van der Waals surface area contributed by atoms with Crippen molar-refractivity contribution in [2.75, 3.05) is 16.9 Å². The van der Waals surface area contributed by atoms with E-state index in [2.05, 4.69) is 0 Å². The zero-order valence-corrected chi connectivity index (χ0v) is 27.1. The SMILES string of the molecule is COc1ccc(C2C3=CCC4C(=O)N(c5cccc([N+](=O)[O-])c5)C(=O)C4C3CC3(Cl)C(=O)N(c4c(F)c(F)c(F)c(F)c4F)C(=O)C23Cl)c(O)c1. The van der Waals surface area contributed by atoms with E-state index in [4.69, 9.17) is 27.9 Å². The van der Waals surface area contributed by atoms with Crippen LogP contribution in [0.25, 0.3) is 0 Å². The van der Waals surface area contributed by atoms with Gasteiger partial charge in [0.15, 0.2) is 33.0 Å². The van der Waals surface area contributed by atoms with Gasteiger partial charge in [0.2, 0.25) is 17.6 Å². The zero-order valence-electron chi connectivity index (χ0n) is 25.6. The highest BCUT2D eigenvalue weighted by Crippen LogP contribution is 2.67. The van der Waals surface area contributed by atoms with E-state index in [1.807, 2.05) is 0 Å². The van der Waals surface area contributed by atoms with E-state index >= 15 is 8.78 Å². The summed E-state index contributed by atoms with van der Waals surface area (Å²) in [5, 5.41) is 22.6. The van der Waals surface area contributed by atoms with Gasteiger partial charge in [-0.25, -0.2) is 31.8 Å². The topological polar surface area (TPSA) is 147 Å². The van der Waals surface area contributed by atoms with Gasteiger partial charge in [0.1, 0.15) is 17.2 Å².